The zero-order valence-corrected chi connectivity index (χ0v) is 10.6. The Kier molecular flexibility index (Phi) is 5.32. The summed E-state index contributed by atoms with van der Waals surface area (Å²) in [6.07, 6.45) is 2.88. The second-order valence-electron chi connectivity index (χ2n) is 3.39. The maximum Gasteiger partial charge on any atom is 0.321 e. The standard InChI is InChI=1S/C12H18O2Si/c1-4-11-5-7-12(8-6-11)9-10-15(13-2)14-3/h4-8,15H,1,9-10H2,2-3H3. The first-order valence-electron chi connectivity index (χ1n) is 5.07. The molecule has 0 aliphatic carbocycles. The van der Waals surface area contributed by atoms with Gasteiger partial charge in [-0.2, -0.15) is 0 Å². The Balaban J connectivity index is 2.46. The predicted octanol–water partition coefficient (Wildman–Crippen LogP) is 2.39. The minimum atomic E-state index is -1.40. The van der Waals surface area contributed by atoms with E-state index in [1.165, 1.54) is 5.56 Å². The van der Waals surface area contributed by atoms with Gasteiger partial charge in [-0.3, -0.25) is 0 Å². The Hall–Kier alpha value is -0.903. The van der Waals surface area contributed by atoms with E-state index in [4.69, 9.17) is 8.85 Å². The van der Waals surface area contributed by atoms with E-state index < -0.39 is 9.28 Å². The van der Waals surface area contributed by atoms with Gasteiger partial charge in [-0.1, -0.05) is 36.9 Å². The molecular weight excluding hydrogens is 204 g/mol. The van der Waals surface area contributed by atoms with Gasteiger partial charge in [0.2, 0.25) is 0 Å². The van der Waals surface area contributed by atoms with Crippen molar-refractivity contribution >= 4 is 15.4 Å². The predicted molar refractivity (Wildman–Crippen MR) is 66.2 cm³/mol. The maximum atomic E-state index is 5.27. The molecule has 0 bridgehead atoms. The monoisotopic (exact) mass is 222 g/mol. The van der Waals surface area contributed by atoms with E-state index in [-0.39, 0.29) is 0 Å². The van der Waals surface area contributed by atoms with Gasteiger partial charge in [0, 0.05) is 14.2 Å². The summed E-state index contributed by atoms with van der Waals surface area (Å²) >= 11 is 0. The molecule has 0 amide bonds. The molecule has 82 valence electrons. The molecule has 2 nitrogen and oxygen atoms in total. The molecule has 0 aliphatic rings. The number of benzene rings is 1. The average molecular weight is 222 g/mol. The lowest BCUT2D eigenvalue weighted by atomic mass is 10.1. The molecule has 0 spiro atoms. The van der Waals surface area contributed by atoms with E-state index >= 15 is 0 Å². The van der Waals surface area contributed by atoms with Gasteiger partial charge in [0.25, 0.3) is 0 Å². The fourth-order valence-corrected chi connectivity index (χ4v) is 2.67. The second-order valence-corrected chi connectivity index (χ2v) is 5.76. The van der Waals surface area contributed by atoms with Crippen molar-refractivity contribution in [2.75, 3.05) is 14.2 Å². The quantitative estimate of drug-likeness (QED) is 0.688. The van der Waals surface area contributed by atoms with Crippen LogP contribution >= 0.6 is 0 Å². The lowest BCUT2D eigenvalue weighted by Gasteiger charge is -2.10. The van der Waals surface area contributed by atoms with Crippen LogP contribution in [-0.4, -0.2) is 23.5 Å². The molecule has 0 atom stereocenters. The molecule has 1 aromatic rings. The second kappa shape index (κ2) is 6.56. The molecule has 1 rings (SSSR count). The smallest absolute Gasteiger partial charge is 0.321 e. The summed E-state index contributed by atoms with van der Waals surface area (Å²) in [6.45, 7) is 3.73. The van der Waals surface area contributed by atoms with Gasteiger partial charge in [0.15, 0.2) is 0 Å². The fourth-order valence-electron chi connectivity index (χ4n) is 1.44. The summed E-state index contributed by atoms with van der Waals surface area (Å²) in [5.74, 6) is 0. The number of hydrogen-bond acceptors (Lipinski definition) is 2. The van der Waals surface area contributed by atoms with Gasteiger partial charge in [-0.05, 0) is 23.6 Å². The van der Waals surface area contributed by atoms with Crippen LogP contribution in [0.3, 0.4) is 0 Å². The average Bonchev–Trinajstić information content (AvgIpc) is 2.31. The molecule has 0 saturated heterocycles. The van der Waals surface area contributed by atoms with Crippen LogP contribution in [0, 0.1) is 0 Å². The highest BCUT2D eigenvalue weighted by Gasteiger charge is 2.08. The van der Waals surface area contributed by atoms with Crippen LogP contribution in [0.5, 0.6) is 0 Å². The van der Waals surface area contributed by atoms with Gasteiger partial charge in [0.05, 0.1) is 0 Å². The van der Waals surface area contributed by atoms with E-state index in [2.05, 4.69) is 30.8 Å². The third-order valence-corrected chi connectivity index (χ3v) is 4.22. The Morgan fingerprint density at radius 2 is 1.80 bits per heavy atom. The van der Waals surface area contributed by atoms with Gasteiger partial charge in [-0.25, -0.2) is 0 Å². The van der Waals surface area contributed by atoms with Gasteiger partial charge >= 0.3 is 9.28 Å². The zero-order valence-electron chi connectivity index (χ0n) is 9.40. The molecule has 0 aromatic heterocycles. The number of hydrogen-bond donors (Lipinski definition) is 0. The zero-order chi connectivity index (χ0) is 11.1. The van der Waals surface area contributed by atoms with E-state index in [0.717, 1.165) is 18.0 Å². The lowest BCUT2D eigenvalue weighted by Crippen LogP contribution is -2.19. The highest BCUT2D eigenvalue weighted by molar-refractivity contribution is 6.44. The summed E-state index contributed by atoms with van der Waals surface area (Å²) < 4.78 is 10.5. The van der Waals surface area contributed by atoms with Crippen LogP contribution in [0.1, 0.15) is 11.1 Å². The summed E-state index contributed by atoms with van der Waals surface area (Å²) in [5.41, 5.74) is 2.48. The topological polar surface area (TPSA) is 18.5 Å². The summed E-state index contributed by atoms with van der Waals surface area (Å²) in [4.78, 5) is 0. The Bertz CT molecular complexity index is 291. The summed E-state index contributed by atoms with van der Waals surface area (Å²) in [7, 11) is 2.05. The van der Waals surface area contributed by atoms with E-state index in [9.17, 15) is 0 Å². The Labute approximate surface area is 93.4 Å². The Morgan fingerprint density at radius 3 is 2.27 bits per heavy atom. The van der Waals surface area contributed by atoms with Gasteiger partial charge in [0.1, 0.15) is 0 Å². The van der Waals surface area contributed by atoms with Crippen molar-refractivity contribution < 1.29 is 8.85 Å². The van der Waals surface area contributed by atoms with Crippen molar-refractivity contribution in [1.29, 1.82) is 0 Å². The van der Waals surface area contributed by atoms with Gasteiger partial charge < -0.3 is 8.85 Å². The SMILES string of the molecule is C=Cc1ccc(CC[SiH](OC)OC)cc1. The maximum absolute atomic E-state index is 5.27. The highest BCUT2D eigenvalue weighted by Crippen LogP contribution is 2.09. The Morgan fingerprint density at radius 1 is 1.20 bits per heavy atom. The fraction of sp³-hybridized carbons (Fsp3) is 0.333. The lowest BCUT2D eigenvalue weighted by molar-refractivity contribution is 0.277. The molecule has 0 unspecified atom stereocenters. The molecule has 0 heterocycles. The third kappa shape index (κ3) is 3.99. The third-order valence-electron chi connectivity index (χ3n) is 2.41. The molecule has 3 heteroatoms. The number of aryl methyl sites for hydroxylation is 1. The molecule has 0 saturated carbocycles. The highest BCUT2D eigenvalue weighted by atomic mass is 28.3. The molecule has 0 radical (unpaired) electrons. The normalized spacial score (nSPS) is 10.6. The molecule has 1 aromatic carbocycles. The van der Waals surface area contributed by atoms with Crippen molar-refractivity contribution in [2.24, 2.45) is 0 Å². The van der Waals surface area contributed by atoms with Crippen LogP contribution in [0.15, 0.2) is 30.8 Å². The van der Waals surface area contributed by atoms with Crippen molar-refractivity contribution in [2.45, 2.75) is 12.5 Å². The van der Waals surface area contributed by atoms with E-state index in [1.807, 2.05) is 6.08 Å². The number of rotatable bonds is 6. The van der Waals surface area contributed by atoms with Gasteiger partial charge in [-0.15, -0.1) is 0 Å². The van der Waals surface area contributed by atoms with Crippen LogP contribution in [0.4, 0.5) is 0 Å². The molecule has 0 aliphatic heterocycles. The first kappa shape index (κ1) is 12.2. The molecule has 0 N–H and O–H groups in total. The van der Waals surface area contributed by atoms with Crippen LogP contribution in [0.2, 0.25) is 6.04 Å². The summed E-state index contributed by atoms with van der Waals surface area (Å²) in [5, 5.41) is 0. The van der Waals surface area contributed by atoms with E-state index in [1.54, 1.807) is 14.2 Å². The molecule has 15 heavy (non-hydrogen) atoms. The van der Waals surface area contributed by atoms with Crippen molar-refractivity contribution in [3.8, 4) is 0 Å². The largest absolute Gasteiger partial charge is 0.400 e. The van der Waals surface area contributed by atoms with Crippen molar-refractivity contribution in [3.05, 3.63) is 42.0 Å². The molecular formula is C12H18O2Si. The first-order valence-corrected chi connectivity index (χ1v) is 6.83. The minimum absolute atomic E-state index is 1.01. The minimum Gasteiger partial charge on any atom is -0.400 e. The van der Waals surface area contributed by atoms with E-state index in [0.29, 0.717) is 0 Å². The first-order chi connectivity index (χ1) is 7.30. The van der Waals surface area contributed by atoms with Crippen LogP contribution < -0.4 is 0 Å². The molecule has 0 fully saturated rings. The van der Waals surface area contributed by atoms with Crippen LogP contribution in [0.25, 0.3) is 6.08 Å². The van der Waals surface area contributed by atoms with Crippen molar-refractivity contribution in [3.63, 3.8) is 0 Å². The van der Waals surface area contributed by atoms with Crippen LogP contribution in [-0.2, 0) is 15.3 Å². The van der Waals surface area contributed by atoms with Crippen molar-refractivity contribution in [1.82, 2.24) is 0 Å². The summed E-state index contributed by atoms with van der Waals surface area (Å²) in [6, 6.07) is 9.44.